The zero-order valence-electron chi connectivity index (χ0n) is 16.3. The summed E-state index contributed by atoms with van der Waals surface area (Å²) in [6.45, 7) is 5.30. The summed E-state index contributed by atoms with van der Waals surface area (Å²) in [6.07, 6.45) is 1.80. The van der Waals surface area contributed by atoms with E-state index in [1.54, 1.807) is 12.1 Å². The van der Waals surface area contributed by atoms with E-state index >= 15 is 0 Å². The predicted molar refractivity (Wildman–Crippen MR) is 113 cm³/mol. The minimum absolute atomic E-state index is 0.0694. The summed E-state index contributed by atoms with van der Waals surface area (Å²) in [6, 6.07) is 12.8. The van der Waals surface area contributed by atoms with Gasteiger partial charge in [0.2, 0.25) is 5.56 Å². The minimum Gasteiger partial charge on any atom is -0.493 e. The second-order valence-electron chi connectivity index (χ2n) is 7.82. The molecular formula is C23H24FN3O2. The van der Waals surface area contributed by atoms with Crippen molar-refractivity contribution in [2.24, 2.45) is 0 Å². The normalized spacial score (nSPS) is 16.8. The van der Waals surface area contributed by atoms with Crippen molar-refractivity contribution in [3.8, 4) is 5.75 Å². The molecule has 5 rings (SSSR count). The zero-order chi connectivity index (χ0) is 19.8. The predicted octanol–water partition coefficient (Wildman–Crippen LogP) is 2.97. The van der Waals surface area contributed by atoms with Crippen LogP contribution in [-0.4, -0.2) is 49.2 Å². The summed E-state index contributed by atoms with van der Waals surface area (Å²) in [4.78, 5) is 19.2. The molecule has 2 aromatic carbocycles. The molecule has 1 saturated heterocycles. The van der Waals surface area contributed by atoms with Gasteiger partial charge in [0.15, 0.2) is 0 Å². The number of nitrogens with one attached hydrogen (secondary N) is 1. The third kappa shape index (κ3) is 3.72. The maximum absolute atomic E-state index is 14.0. The van der Waals surface area contributed by atoms with Gasteiger partial charge in [0, 0.05) is 68.0 Å². The minimum atomic E-state index is -0.225. The fourth-order valence-corrected chi connectivity index (χ4v) is 4.38. The van der Waals surface area contributed by atoms with Crippen LogP contribution in [0.4, 0.5) is 10.1 Å². The first-order valence-electron chi connectivity index (χ1n) is 10.2. The number of aromatic amines is 1. The molecule has 0 atom stereocenters. The number of hydrogen-bond acceptors (Lipinski definition) is 4. The highest BCUT2D eigenvalue weighted by molar-refractivity contribution is 5.78. The fourth-order valence-electron chi connectivity index (χ4n) is 4.38. The lowest BCUT2D eigenvalue weighted by molar-refractivity contribution is 0.261. The van der Waals surface area contributed by atoms with Crippen LogP contribution < -0.4 is 15.2 Å². The maximum atomic E-state index is 14.0. The molecule has 2 aliphatic rings. The fraction of sp³-hybridized carbons (Fsp3) is 0.348. The first-order chi connectivity index (χ1) is 14.2. The summed E-state index contributed by atoms with van der Waals surface area (Å²) >= 11 is 0. The van der Waals surface area contributed by atoms with Crippen LogP contribution in [0.25, 0.3) is 10.9 Å². The molecule has 29 heavy (non-hydrogen) atoms. The Labute approximate surface area is 168 Å². The van der Waals surface area contributed by atoms with Crippen LogP contribution in [0.3, 0.4) is 0 Å². The molecule has 3 heterocycles. The molecule has 2 aliphatic heterocycles. The highest BCUT2D eigenvalue weighted by Crippen LogP contribution is 2.35. The second kappa shape index (κ2) is 7.52. The van der Waals surface area contributed by atoms with Gasteiger partial charge in [0.1, 0.15) is 11.6 Å². The number of pyridine rings is 1. The van der Waals surface area contributed by atoms with E-state index in [-0.39, 0.29) is 11.4 Å². The highest BCUT2D eigenvalue weighted by Gasteiger charge is 2.24. The van der Waals surface area contributed by atoms with Crippen molar-refractivity contribution in [2.75, 3.05) is 44.2 Å². The molecule has 0 radical (unpaired) electrons. The molecule has 3 aromatic rings. The second-order valence-corrected chi connectivity index (χ2v) is 7.82. The van der Waals surface area contributed by atoms with E-state index in [1.807, 2.05) is 6.07 Å². The highest BCUT2D eigenvalue weighted by atomic mass is 19.1. The monoisotopic (exact) mass is 393 g/mol. The van der Waals surface area contributed by atoms with Crippen molar-refractivity contribution in [1.82, 2.24) is 9.88 Å². The maximum Gasteiger partial charge on any atom is 0.248 e. The van der Waals surface area contributed by atoms with E-state index in [1.165, 1.54) is 11.6 Å². The number of hydrogen-bond donors (Lipinski definition) is 1. The van der Waals surface area contributed by atoms with Gasteiger partial charge in [0.25, 0.3) is 0 Å². The third-order valence-corrected chi connectivity index (χ3v) is 5.98. The molecule has 0 unspecified atom stereocenters. The Hall–Kier alpha value is -2.86. The van der Waals surface area contributed by atoms with E-state index in [0.29, 0.717) is 12.4 Å². The molecule has 0 bridgehead atoms. The van der Waals surface area contributed by atoms with Crippen LogP contribution >= 0.6 is 0 Å². The van der Waals surface area contributed by atoms with Crippen LogP contribution in [0.1, 0.15) is 11.1 Å². The number of ether oxygens (including phenoxy) is 1. The molecule has 0 saturated carbocycles. The van der Waals surface area contributed by atoms with Gasteiger partial charge < -0.3 is 14.6 Å². The van der Waals surface area contributed by atoms with Crippen LogP contribution in [0, 0.1) is 5.82 Å². The number of anilines is 1. The standard InChI is InChI=1S/C23H24FN3O2/c24-18-14-21(19-6-12-29-22(19)15-18)27-10-8-26(9-11-27)7-5-16-1-2-17-3-4-23(28)25-20(17)13-16/h1-4,13-15H,5-12H2,(H,25,28). The Morgan fingerprint density at radius 3 is 2.72 bits per heavy atom. The van der Waals surface area contributed by atoms with E-state index < -0.39 is 0 Å². The first kappa shape index (κ1) is 18.2. The summed E-state index contributed by atoms with van der Waals surface area (Å²) in [5.41, 5.74) is 4.18. The lowest BCUT2D eigenvalue weighted by Gasteiger charge is -2.37. The van der Waals surface area contributed by atoms with Gasteiger partial charge in [-0.1, -0.05) is 12.1 Å². The topological polar surface area (TPSA) is 48.6 Å². The number of halogens is 1. The molecule has 6 heteroatoms. The lowest BCUT2D eigenvalue weighted by atomic mass is 10.1. The number of H-pyrrole nitrogens is 1. The quantitative estimate of drug-likeness (QED) is 0.741. The van der Waals surface area contributed by atoms with Gasteiger partial charge >= 0.3 is 0 Å². The van der Waals surface area contributed by atoms with Crippen LogP contribution in [-0.2, 0) is 12.8 Å². The number of piperazine rings is 1. The molecule has 1 N–H and O–H groups in total. The van der Waals surface area contributed by atoms with Crippen molar-refractivity contribution < 1.29 is 9.13 Å². The Balaban J connectivity index is 1.21. The Morgan fingerprint density at radius 1 is 1.03 bits per heavy atom. The van der Waals surface area contributed by atoms with E-state index in [9.17, 15) is 9.18 Å². The van der Waals surface area contributed by atoms with Crippen molar-refractivity contribution in [2.45, 2.75) is 12.8 Å². The van der Waals surface area contributed by atoms with Gasteiger partial charge in [-0.2, -0.15) is 0 Å². The van der Waals surface area contributed by atoms with Gasteiger partial charge in [0.05, 0.1) is 6.61 Å². The summed E-state index contributed by atoms with van der Waals surface area (Å²) < 4.78 is 19.5. The molecular weight excluding hydrogens is 369 g/mol. The third-order valence-electron chi connectivity index (χ3n) is 5.98. The molecule has 150 valence electrons. The molecule has 0 spiro atoms. The molecule has 0 aliphatic carbocycles. The van der Waals surface area contributed by atoms with Gasteiger partial charge in [-0.05, 0) is 35.6 Å². The number of fused-ring (bicyclic) bond motifs is 2. The van der Waals surface area contributed by atoms with Crippen LogP contribution in [0.5, 0.6) is 5.75 Å². The van der Waals surface area contributed by atoms with E-state index in [2.05, 4.69) is 33.0 Å². The van der Waals surface area contributed by atoms with Crippen molar-refractivity contribution in [1.29, 1.82) is 0 Å². The van der Waals surface area contributed by atoms with Crippen molar-refractivity contribution in [3.63, 3.8) is 0 Å². The Kier molecular flexibility index (Phi) is 4.72. The first-order valence-corrected chi connectivity index (χ1v) is 10.2. The van der Waals surface area contributed by atoms with Gasteiger partial charge in [-0.15, -0.1) is 0 Å². The summed E-state index contributed by atoms with van der Waals surface area (Å²) in [5.74, 6) is 0.481. The molecule has 1 aromatic heterocycles. The number of nitrogens with zero attached hydrogens (tertiary/aromatic N) is 2. The largest absolute Gasteiger partial charge is 0.493 e. The van der Waals surface area contributed by atoms with Gasteiger partial charge in [-0.3, -0.25) is 9.69 Å². The van der Waals surface area contributed by atoms with Gasteiger partial charge in [-0.25, -0.2) is 4.39 Å². The number of rotatable bonds is 4. The number of aromatic nitrogens is 1. The zero-order valence-corrected chi connectivity index (χ0v) is 16.3. The van der Waals surface area contributed by atoms with Crippen LogP contribution in [0.2, 0.25) is 0 Å². The van der Waals surface area contributed by atoms with Crippen LogP contribution in [0.15, 0.2) is 47.3 Å². The van der Waals surface area contributed by atoms with Crippen molar-refractivity contribution >= 4 is 16.6 Å². The SMILES string of the molecule is O=c1ccc2ccc(CCN3CCN(c4cc(F)cc5c4CCO5)CC3)cc2[nH]1. The lowest BCUT2D eigenvalue weighted by Crippen LogP contribution is -2.47. The smallest absolute Gasteiger partial charge is 0.248 e. The average Bonchev–Trinajstić information content (AvgIpc) is 3.20. The molecule has 1 fully saturated rings. The average molecular weight is 393 g/mol. The summed E-state index contributed by atoms with van der Waals surface area (Å²) in [7, 11) is 0. The number of benzene rings is 2. The van der Waals surface area contributed by atoms with Crippen molar-refractivity contribution in [3.05, 3.63) is 69.8 Å². The van der Waals surface area contributed by atoms with E-state index in [4.69, 9.17) is 4.74 Å². The Morgan fingerprint density at radius 2 is 1.86 bits per heavy atom. The summed E-state index contributed by atoms with van der Waals surface area (Å²) in [5, 5.41) is 1.05. The molecule has 0 amide bonds. The Bertz CT molecular complexity index is 1100. The molecule has 5 nitrogen and oxygen atoms in total. The van der Waals surface area contributed by atoms with E-state index in [0.717, 1.165) is 67.7 Å².